The van der Waals surface area contributed by atoms with E-state index in [1.807, 2.05) is 22.5 Å². The van der Waals surface area contributed by atoms with Crippen LogP contribution in [0.3, 0.4) is 0 Å². The van der Waals surface area contributed by atoms with Crippen LogP contribution in [0.5, 0.6) is 5.75 Å². The van der Waals surface area contributed by atoms with Gasteiger partial charge in [0.15, 0.2) is 0 Å². The summed E-state index contributed by atoms with van der Waals surface area (Å²) < 4.78 is 5.08. The summed E-state index contributed by atoms with van der Waals surface area (Å²) in [4.78, 5) is 2.96. The minimum Gasteiger partial charge on any atom is -0.495 e. The van der Waals surface area contributed by atoms with Crippen molar-refractivity contribution in [3.63, 3.8) is 0 Å². The molecule has 0 amide bonds. The highest BCUT2D eigenvalue weighted by molar-refractivity contribution is 9.11. The van der Waals surface area contributed by atoms with Gasteiger partial charge in [-0.25, -0.2) is 0 Å². The Morgan fingerprint density at radius 1 is 1.70 bits per heavy atom. The zero-order valence-corrected chi connectivity index (χ0v) is 7.91. The fourth-order valence-corrected chi connectivity index (χ4v) is 1.85. The van der Waals surface area contributed by atoms with Crippen LogP contribution in [0, 0.1) is 0 Å². The molecule has 0 N–H and O–H groups in total. The molecule has 1 aromatic heterocycles. The predicted molar refractivity (Wildman–Crippen MR) is 48.8 cm³/mol. The highest BCUT2D eigenvalue weighted by Crippen LogP contribution is 2.25. The molecule has 3 heteroatoms. The first-order chi connectivity index (χ1) is 4.88. The molecule has 0 radical (unpaired) electrons. The Labute approximate surface area is 72.5 Å². The average molecular weight is 219 g/mol. The maximum Gasteiger partial charge on any atom is 0.136 e. The molecule has 1 rings (SSSR count). The van der Waals surface area contributed by atoms with Crippen LogP contribution in [0.2, 0.25) is 0 Å². The molecular formula is C7H7BrOS. The largest absolute Gasteiger partial charge is 0.495 e. The third-order valence-electron chi connectivity index (χ3n) is 1.09. The molecule has 0 aliphatic heterocycles. The summed E-state index contributed by atoms with van der Waals surface area (Å²) in [5.74, 6) is 0.931. The molecule has 1 nitrogen and oxygen atoms in total. The lowest BCUT2D eigenvalue weighted by Gasteiger charge is -1.94. The second kappa shape index (κ2) is 3.78. The van der Waals surface area contributed by atoms with Crippen molar-refractivity contribution in [3.8, 4) is 5.75 Å². The predicted octanol–water partition coefficient (Wildman–Crippen LogP) is 3.12. The summed E-state index contributed by atoms with van der Waals surface area (Å²) in [6.45, 7) is 0. The van der Waals surface area contributed by atoms with Crippen molar-refractivity contribution in [2.75, 3.05) is 7.11 Å². The first-order valence-corrected chi connectivity index (χ1v) is 4.56. The highest BCUT2D eigenvalue weighted by atomic mass is 79.9. The molecule has 0 saturated carbocycles. The first kappa shape index (κ1) is 7.82. The van der Waals surface area contributed by atoms with E-state index in [0.717, 1.165) is 10.6 Å². The monoisotopic (exact) mass is 218 g/mol. The van der Waals surface area contributed by atoms with Crippen LogP contribution in [0.1, 0.15) is 4.88 Å². The lowest BCUT2D eigenvalue weighted by molar-refractivity contribution is 0.416. The number of halogens is 1. The molecule has 1 heterocycles. The van der Waals surface area contributed by atoms with Gasteiger partial charge in [-0.3, -0.25) is 0 Å². The van der Waals surface area contributed by atoms with E-state index >= 15 is 0 Å². The van der Waals surface area contributed by atoms with Crippen LogP contribution in [0.4, 0.5) is 0 Å². The van der Waals surface area contributed by atoms with Crippen molar-refractivity contribution >= 4 is 33.3 Å². The van der Waals surface area contributed by atoms with Crippen LogP contribution in [0.25, 0.3) is 6.08 Å². The van der Waals surface area contributed by atoms with Crippen LogP contribution in [0.15, 0.2) is 16.4 Å². The Hall–Kier alpha value is -0.280. The van der Waals surface area contributed by atoms with E-state index in [4.69, 9.17) is 4.74 Å². The van der Waals surface area contributed by atoms with Gasteiger partial charge in [0, 0.05) is 0 Å². The van der Waals surface area contributed by atoms with E-state index in [1.165, 1.54) is 0 Å². The molecule has 0 bridgehead atoms. The molecule has 0 fully saturated rings. The van der Waals surface area contributed by atoms with Gasteiger partial charge in [-0.15, -0.1) is 11.3 Å². The van der Waals surface area contributed by atoms with E-state index in [2.05, 4.69) is 15.9 Å². The van der Waals surface area contributed by atoms with E-state index in [-0.39, 0.29) is 0 Å². The van der Waals surface area contributed by atoms with Crippen LogP contribution < -0.4 is 4.74 Å². The fourth-order valence-electron chi connectivity index (χ4n) is 0.657. The Kier molecular flexibility index (Phi) is 2.96. The second-order valence-electron chi connectivity index (χ2n) is 1.65. The Bertz CT molecular complexity index is 229. The number of rotatable bonds is 2. The van der Waals surface area contributed by atoms with Crippen LogP contribution in [-0.2, 0) is 0 Å². The van der Waals surface area contributed by atoms with Crippen molar-refractivity contribution in [2.45, 2.75) is 0 Å². The molecule has 0 saturated heterocycles. The molecule has 10 heavy (non-hydrogen) atoms. The maximum absolute atomic E-state index is 5.08. The van der Waals surface area contributed by atoms with E-state index < -0.39 is 0 Å². The zero-order chi connectivity index (χ0) is 7.40. The van der Waals surface area contributed by atoms with Gasteiger partial charge in [-0.1, -0.05) is 15.9 Å². The lowest BCUT2D eigenvalue weighted by atomic mass is 10.4. The molecule has 0 aromatic carbocycles. The van der Waals surface area contributed by atoms with Gasteiger partial charge in [0.2, 0.25) is 0 Å². The molecule has 0 aliphatic carbocycles. The highest BCUT2D eigenvalue weighted by Gasteiger charge is 1.97. The number of hydrogen-bond donors (Lipinski definition) is 0. The lowest BCUT2D eigenvalue weighted by Crippen LogP contribution is -1.79. The van der Waals surface area contributed by atoms with Gasteiger partial charge < -0.3 is 4.74 Å². The van der Waals surface area contributed by atoms with Gasteiger partial charge in [0.05, 0.1) is 12.0 Å². The van der Waals surface area contributed by atoms with Gasteiger partial charge in [-0.05, 0) is 22.5 Å². The smallest absolute Gasteiger partial charge is 0.136 e. The summed E-state index contributed by atoms with van der Waals surface area (Å²) in [5, 5.41) is 2.00. The van der Waals surface area contributed by atoms with Crippen molar-refractivity contribution in [2.24, 2.45) is 0 Å². The van der Waals surface area contributed by atoms with Crippen molar-refractivity contribution in [3.05, 3.63) is 21.3 Å². The van der Waals surface area contributed by atoms with Crippen LogP contribution >= 0.6 is 27.3 Å². The Balaban J connectivity index is 2.90. The standard InChI is InChI=1S/C7H7BrOS/c1-9-6-3-5-10-7(6)2-4-8/h2-5H,1H3/b4-2+. The molecule has 1 aromatic rings. The number of methoxy groups -OCH3 is 1. The fraction of sp³-hybridized carbons (Fsp3) is 0.143. The minimum absolute atomic E-state index is 0.931. The summed E-state index contributed by atoms with van der Waals surface area (Å²) in [6.07, 6.45) is 1.96. The second-order valence-corrected chi connectivity index (χ2v) is 3.12. The normalized spacial score (nSPS) is 10.6. The number of thiophene rings is 1. The van der Waals surface area contributed by atoms with Crippen molar-refractivity contribution in [1.29, 1.82) is 0 Å². The van der Waals surface area contributed by atoms with Crippen molar-refractivity contribution in [1.82, 2.24) is 0 Å². The van der Waals surface area contributed by atoms with E-state index in [9.17, 15) is 0 Å². The van der Waals surface area contributed by atoms with Crippen LogP contribution in [-0.4, -0.2) is 7.11 Å². The first-order valence-electron chi connectivity index (χ1n) is 2.76. The number of ether oxygens (including phenoxy) is 1. The van der Waals surface area contributed by atoms with Gasteiger partial charge in [-0.2, -0.15) is 0 Å². The van der Waals surface area contributed by atoms with Gasteiger partial charge in [0.25, 0.3) is 0 Å². The zero-order valence-electron chi connectivity index (χ0n) is 5.50. The molecule has 54 valence electrons. The molecular weight excluding hydrogens is 212 g/mol. The van der Waals surface area contributed by atoms with Gasteiger partial charge >= 0.3 is 0 Å². The topological polar surface area (TPSA) is 9.23 Å². The third kappa shape index (κ3) is 1.61. The SMILES string of the molecule is COc1ccsc1/C=C/Br. The molecule has 0 spiro atoms. The number of hydrogen-bond acceptors (Lipinski definition) is 2. The molecule has 0 aliphatic rings. The molecule has 0 unspecified atom stereocenters. The summed E-state index contributed by atoms with van der Waals surface area (Å²) in [7, 11) is 1.67. The minimum atomic E-state index is 0.931. The summed E-state index contributed by atoms with van der Waals surface area (Å²) in [5.41, 5.74) is 0. The van der Waals surface area contributed by atoms with E-state index in [1.54, 1.807) is 18.4 Å². The van der Waals surface area contributed by atoms with Crippen molar-refractivity contribution < 1.29 is 4.74 Å². The summed E-state index contributed by atoms with van der Waals surface area (Å²) in [6, 6.07) is 1.95. The summed E-state index contributed by atoms with van der Waals surface area (Å²) >= 11 is 4.86. The van der Waals surface area contributed by atoms with Gasteiger partial charge in [0.1, 0.15) is 5.75 Å². The molecule has 0 atom stereocenters. The third-order valence-corrected chi connectivity index (χ3v) is 2.22. The average Bonchev–Trinajstić information content (AvgIpc) is 2.36. The quantitative estimate of drug-likeness (QED) is 0.742. The Morgan fingerprint density at radius 2 is 2.50 bits per heavy atom. The van der Waals surface area contributed by atoms with E-state index in [0.29, 0.717) is 0 Å². The Morgan fingerprint density at radius 3 is 3.10 bits per heavy atom. The maximum atomic E-state index is 5.08.